The standard InChI is InChI=1S/C18H15Cl3N4O2/c19-12-1-4-14(5-2-12)25(18(27)9-24-11-22-10-23-24)8-17(26)15-6-3-13(20)7-16(15)21/h1-7,10-11,17,26H,8-9H2. The summed E-state index contributed by atoms with van der Waals surface area (Å²) in [5.74, 6) is -0.271. The number of hydrogen-bond acceptors (Lipinski definition) is 4. The third-order valence-electron chi connectivity index (χ3n) is 3.88. The zero-order chi connectivity index (χ0) is 19.4. The molecule has 9 heteroatoms. The van der Waals surface area contributed by atoms with Crippen molar-refractivity contribution in [3.63, 3.8) is 0 Å². The van der Waals surface area contributed by atoms with E-state index in [1.165, 1.54) is 22.2 Å². The maximum Gasteiger partial charge on any atom is 0.248 e. The predicted octanol–water partition coefficient (Wildman–Crippen LogP) is 4.01. The first-order valence-corrected chi connectivity index (χ1v) is 9.09. The topological polar surface area (TPSA) is 71.2 Å². The molecule has 3 rings (SSSR count). The predicted molar refractivity (Wildman–Crippen MR) is 105 cm³/mol. The molecule has 0 radical (unpaired) electrons. The lowest BCUT2D eigenvalue weighted by atomic mass is 10.1. The van der Waals surface area contributed by atoms with Gasteiger partial charge in [-0.15, -0.1) is 0 Å². The molecule has 1 unspecified atom stereocenters. The summed E-state index contributed by atoms with van der Waals surface area (Å²) in [6.45, 7) is -0.0276. The third kappa shape index (κ3) is 4.99. The Morgan fingerprint density at radius 1 is 1.11 bits per heavy atom. The molecule has 1 aromatic heterocycles. The Balaban J connectivity index is 1.86. The quantitative estimate of drug-likeness (QED) is 0.648. The minimum absolute atomic E-state index is 0.00346. The van der Waals surface area contributed by atoms with E-state index in [0.717, 1.165) is 0 Å². The number of rotatable bonds is 6. The van der Waals surface area contributed by atoms with Crippen molar-refractivity contribution in [1.82, 2.24) is 14.8 Å². The van der Waals surface area contributed by atoms with Gasteiger partial charge in [-0.05, 0) is 36.4 Å². The highest BCUT2D eigenvalue weighted by molar-refractivity contribution is 6.35. The number of anilines is 1. The zero-order valence-corrected chi connectivity index (χ0v) is 16.2. The van der Waals surface area contributed by atoms with Gasteiger partial charge in [0.2, 0.25) is 5.91 Å². The molecule has 27 heavy (non-hydrogen) atoms. The summed E-state index contributed by atoms with van der Waals surface area (Å²) in [5, 5.41) is 16.0. The number of aliphatic hydroxyl groups excluding tert-OH is 1. The van der Waals surface area contributed by atoms with Gasteiger partial charge in [-0.25, -0.2) is 9.67 Å². The van der Waals surface area contributed by atoms with Crippen molar-refractivity contribution in [3.8, 4) is 0 Å². The number of aromatic nitrogens is 3. The first-order chi connectivity index (χ1) is 12.9. The lowest BCUT2D eigenvalue weighted by Crippen LogP contribution is -2.37. The van der Waals surface area contributed by atoms with Gasteiger partial charge in [0.05, 0.1) is 12.6 Å². The van der Waals surface area contributed by atoms with E-state index < -0.39 is 6.10 Å². The fraction of sp³-hybridized carbons (Fsp3) is 0.167. The van der Waals surface area contributed by atoms with Crippen LogP contribution in [0.3, 0.4) is 0 Å². The van der Waals surface area contributed by atoms with Crippen molar-refractivity contribution < 1.29 is 9.90 Å². The number of halogens is 3. The van der Waals surface area contributed by atoms with Gasteiger partial charge < -0.3 is 10.0 Å². The Morgan fingerprint density at radius 3 is 2.44 bits per heavy atom. The van der Waals surface area contributed by atoms with E-state index in [1.54, 1.807) is 42.5 Å². The molecule has 140 valence electrons. The van der Waals surface area contributed by atoms with E-state index >= 15 is 0 Å². The number of hydrogen-bond donors (Lipinski definition) is 1. The van der Waals surface area contributed by atoms with Crippen LogP contribution < -0.4 is 4.90 Å². The Kier molecular flexibility index (Phi) is 6.34. The number of benzene rings is 2. The van der Waals surface area contributed by atoms with E-state index in [9.17, 15) is 9.90 Å². The number of carbonyl (C=O) groups excluding carboxylic acids is 1. The van der Waals surface area contributed by atoms with E-state index in [4.69, 9.17) is 34.8 Å². The lowest BCUT2D eigenvalue weighted by molar-refractivity contribution is -0.119. The van der Waals surface area contributed by atoms with Gasteiger partial charge in [0.15, 0.2) is 0 Å². The van der Waals surface area contributed by atoms with Crippen LogP contribution >= 0.6 is 34.8 Å². The van der Waals surface area contributed by atoms with Gasteiger partial charge in [0.1, 0.15) is 19.2 Å². The summed E-state index contributed by atoms with van der Waals surface area (Å²) in [6.07, 6.45) is 1.79. The normalized spacial score (nSPS) is 12.0. The van der Waals surface area contributed by atoms with E-state index in [1.807, 2.05) is 0 Å². The first kappa shape index (κ1) is 19.6. The Labute approximate surface area is 170 Å². The highest BCUT2D eigenvalue weighted by atomic mass is 35.5. The Bertz CT molecular complexity index is 917. The van der Waals surface area contributed by atoms with Crippen LogP contribution in [0, 0.1) is 0 Å². The van der Waals surface area contributed by atoms with Crippen LogP contribution in [0.1, 0.15) is 11.7 Å². The third-order valence-corrected chi connectivity index (χ3v) is 4.69. The highest BCUT2D eigenvalue weighted by Crippen LogP contribution is 2.28. The summed E-state index contributed by atoms with van der Waals surface area (Å²) in [5.41, 5.74) is 1.07. The Hall–Kier alpha value is -2.12. The van der Waals surface area contributed by atoms with E-state index in [2.05, 4.69) is 10.1 Å². The van der Waals surface area contributed by atoms with Gasteiger partial charge >= 0.3 is 0 Å². The van der Waals surface area contributed by atoms with Crippen molar-refractivity contribution in [2.24, 2.45) is 0 Å². The summed E-state index contributed by atoms with van der Waals surface area (Å²) >= 11 is 18.0. The largest absolute Gasteiger partial charge is 0.386 e. The minimum Gasteiger partial charge on any atom is -0.386 e. The molecule has 0 fully saturated rings. The van der Waals surface area contributed by atoms with Gasteiger partial charge in [-0.3, -0.25) is 4.79 Å². The summed E-state index contributed by atoms with van der Waals surface area (Å²) in [6, 6.07) is 11.6. The smallest absolute Gasteiger partial charge is 0.248 e. The van der Waals surface area contributed by atoms with Gasteiger partial charge in [-0.2, -0.15) is 5.10 Å². The minimum atomic E-state index is -1.01. The van der Waals surface area contributed by atoms with Crippen LogP contribution in [0.2, 0.25) is 15.1 Å². The van der Waals surface area contributed by atoms with Crippen molar-refractivity contribution in [2.45, 2.75) is 12.6 Å². The Morgan fingerprint density at radius 2 is 1.81 bits per heavy atom. The van der Waals surface area contributed by atoms with Crippen LogP contribution in [-0.2, 0) is 11.3 Å². The average molecular weight is 426 g/mol. The molecular weight excluding hydrogens is 411 g/mol. The summed E-state index contributed by atoms with van der Waals surface area (Å²) < 4.78 is 1.41. The van der Waals surface area contributed by atoms with Crippen molar-refractivity contribution in [3.05, 3.63) is 75.8 Å². The van der Waals surface area contributed by atoms with Gasteiger partial charge in [0, 0.05) is 26.3 Å². The average Bonchev–Trinajstić information content (AvgIpc) is 3.13. The van der Waals surface area contributed by atoms with Gasteiger partial charge in [-0.1, -0.05) is 40.9 Å². The molecule has 0 aliphatic rings. The molecule has 0 spiro atoms. The zero-order valence-electron chi connectivity index (χ0n) is 14.0. The van der Waals surface area contributed by atoms with Crippen LogP contribution in [-0.4, -0.2) is 32.3 Å². The molecule has 0 aliphatic carbocycles. The number of nitrogens with zero attached hydrogens (tertiary/aromatic N) is 4. The molecular formula is C18H15Cl3N4O2. The van der Waals surface area contributed by atoms with E-state index in [0.29, 0.717) is 26.3 Å². The molecule has 0 saturated carbocycles. The maximum atomic E-state index is 12.8. The van der Waals surface area contributed by atoms with E-state index in [-0.39, 0.29) is 19.0 Å². The van der Waals surface area contributed by atoms with Crippen LogP contribution in [0.4, 0.5) is 5.69 Å². The second-order valence-electron chi connectivity index (χ2n) is 5.76. The molecule has 1 atom stereocenters. The number of amides is 1. The van der Waals surface area contributed by atoms with Gasteiger partial charge in [0.25, 0.3) is 0 Å². The molecule has 1 heterocycles. The highest BCUT2D eigenvalue weighted by Gasteiger charge is 2.22. The fourth-order valence-electron chi connectivity index (χ4n) is 2.55. The van der Waals surface area contributed by atoms with Crippen LogP contribution in [0.5, 0.6) is 0 Å². The summed E-state index contributed by atoms with van der Waals surface area (Å²) in [4.78, 5) is 18.1. The second kappa shape index (κ2) is 8.71. The first-order valence-electron chi connectivity index (χ1n) is 7.95. The number of carbonyl (C=O) groups is 1. The molecule has 3 aromatic rings. The lowest BCUT2D eigenvalue weighted by Gasteiger charge is -2.26. The van der Waals surface area contributed by atoms with Crippen molar-refractivity contribution in [1.29, 1.82) is 0 Å². The monoisotopic (exact) mass is 424 g/mol. The van der Waals surface area contributed by atoms with Crippen LogP contribution in [0.25, 0.3) is 0 Å². The molecule has 2 aromatic carbocycles. The van der Waals surface area contributed by atoms with Crippen molar-refractivity contribution >= 4 is 46.4 Å². The van der Waals surface area contributed by atoms with Crippen molar-refractivity contribution in [2.75, 3.05) is 11.4 Å². The molecule has 1 N–H and O–H groups in total. The molecule has 6 nitrogen and oxygen atoms in total. The molecule has 1 amide bonds. The van der Waals surface area contributed by atoms with Crippen LogP contribution in [0.15, 0.2) is 55.1 Å². The SMILES string of the molecule is O=C(Cn1cncn1)N(CC(O)c1ccc(Cl)cc1Cl)c1ccc(Cl)cc1. The summed E-state index contributed by atoms with van der Waals surface area (Å²) in [7, 11) is 0. The number of aliphatic hydroxyl groups is 1. The molecule has 0 bridgehead atoms. The maximum absolute atomic E-state index is 12.8. The molecule has 0 aliphatic heterocycles. The second-order valence-corrected chi connectivity index (χ2v) is 7.04. The molecule has 0 saturated heterocycles. The fourth-order valence-corrected chi connectivity index (χ4v) is 3.21.